The number of aromatic nitrogens is 1. The summed E-state index contributed by atoms with van der Waals surface area (Å²) in [7, 11) is 0. The molecule has 2 aliphatic rings. The number of aliphatic imine (C=N–C) groups is 1. The highest BCUT2D eigenvalue weighted by atomic mass is 16.5. The topological polar surface area (TPSA) is 78.9 Å². The summed E-state index contributed by atoms with van der Waals surface area (Å²) in [6.07, 6.45) is 10.8. The molecule has 0 bridgehead atoms. The monoisotopic (exact) mass is 459 g/mol. The lowest BCUT2D eigenvalue weighted by Gasteiger charge is -2.29. The van der Waals surface area contributed by atoms with Gasteiger partial charge in [-0.1, -0.05) is 25.1 Å². The average molecular weight is 460 g/mol. The summed E-state index contributed by atoms with van der Waals surface area (Å²) in [5, 5.41) is 6.56. The second-order valence-electron chi connectivity index (χ2n) is 8.93. The number of morpholine rings is 1. The molecular formula is C27H33N5O2. The van der Waals surface area contributed by atoms with Crippen molar-refractivity contribution in [3.63, 3.8) is 0 Å². The predicted octanol–water partition coefficient (Wildman–Crippen LogP) is 4.46. The van der Waals surface area contributed by atoms with Crippen LogP contribution in [0, 0.1) is 12.8 Å². The number of allylic oxidation sites excluding steroid dienone is 2. The first kappa shape index (κ1) is 23.7. The van der Waals surface area contributed by atoms with E-state index in [4.69, 9.17) is 9.73 Å². The van der Waals surface area contributed by atoms with Crippen molar-refractivity contribution in [3.05, 3.63) is 83.5 Å². The predicted molar refractivity (Wildman–Crippen MR) is 136 cm³/mol. The summed E-state index contributed by atoms with van der Waals surface area (Å²) in [5.74, 6) is 2.05. The number of carbonyl (C=O) groups excluding carboxylic acids is 1. The van der Waals surface area contributed by atoms with Crippen LogP contribution in [-0.2, 0) is 4.74 Å². The number of aryl methyl sites for hydroxylation is 1. The van der Waals surface area contributed by atoms with Crippen LogP contribution in [0.3, 0.4) is 0 Å². The molecule has 1 unspecified atom stereocenters. The molecule has 1 aromatic heterocycles. The van der Waals surface area contributed by atoms with Crippen molar-refractivity contribution in [2.75, 3.05) is 31.6 Å². The van der Waals surface area contributed by atoms with Gasteiger partial charge in [0.2, 0.25) is 0 Å². The van der Waals surface area contributed by atoms with Crippen LogP contribution in [0.25, 0.3) is 0 Å². The number of benzene rings is 1. The first-order chi connectivity index (χ1) is 16.5. The molecule has 0 saturated carbocycles. The number of carbonyl (C=O) groups is 1. The molecule has 178 valence electrons. The molecule has 2 N–H and O–H groups in total. The highest BCUT2D eigenvalue weighted by Gasteiger charge is 2.17. The first-order valence-corrected chi connectivity index (χ1v) is 11.9. The van der Waals surface area contributed by atoms with Crippen molar-refractivity contribution < 1.29 is 9.53 Å². The Bertz CT molecular complexity index is 1100. The zero-order chi connectivity index (χ0) is 23.9. The Hall–Kier alpha value is -3.45. The van der Waals surface area contributed by atoms with E-state index in [-0.39, 0.29) is 11.9 Å². The van der Waals surface area contributed by atoms with E-state index in [1.165, 1.54) is 0 Å². The lowest BCUT2D eigenvalue weighted by Crippen LogP contribution is -2.40. The number of rotatable bonds is 5. The van der Waals surface area contributed by atoms with Crippen LogP contribution in [0.1, 0.15) is 47.8 Å². The second kappa shape index (κ2) is 11.1. The molecule has 4 rings (SSSR count). The van der Waals surface area contributed by atoms with Crippen LogP contribution in [0.4, 0.5) is 5.69 Å². The van der Waals surface area contributed by atoms with Gasteiger partial charge in [-0.15, -0.1) is 0 Å². The maximum absolute atomic E-state index is 12.6. The van der Waals surface area contributed by atoms with Crippen molar-refractivity contribution in [3.8, 4) is 0 Å². The summed E-state index contributed by atoms with van der Waals surface area (Å²) in [6, 6.07) is 9.75. The molecule has 0 radical (unpaired) electrons. The van der Waals surface area contributed by atoms with E-state index in [1.54, 1.807) is 12.4 Å². The van der Waals surface area contributed by atoms with Crippen LogP contribution >= 0.6 is 0 Å². The Balaban J connectivity index is 1.48. The van der Waals surface area contributed by atoms with E-state index in [2.05, 4.69) is 58.7 Å². The summed E-state index contributed by atoms with van der Waals surface area (Å²) in [4.78, 5) is 24.0. The summed E-state index contributed by atoms with van der Waals surface area (Å²) in [5.41, 5.74) is 3.31. The number of ether oxygens (including phenoxy) is 1. The third-order valence-electron chi connectivity index (χ3n) is 5.93. The number of amides is 1. The molecule has 7 nitrogen and oxygen atoms in total. The Morgan fingerprint density at radius 1 is 1.21 bits per heavy atom. The van der Waals surface area contributed by atoms with Crippen molar-refractivity contribution in [1.82, 2.24) is 15.2 Å². The third kappa shape index (κ3) is 6.32. The van der Waals surface area contributed by atoms with Gasteiger partial charge in [-0.3, -0.25) is 9.78 Å². The number of hydrogen-bond acceptors (Lipinski definition) is 6. The minimum atomic E-state index is -0.169. The van der Waals surface area contributed by atoms with Gasteiger partial charge in [0.15, 0.2) is 0 Å². The van der Waals surface area contributed by atoms with Crippen LogP contribution in [0.2, 0.25) is 0 Å². The average Bonchev–Trinajstić information content (AvgIpc) is 2.82. The molecule has 2 aromatic rings. The number of hydrogen-bond donors (Lipinski definition) is 2. The molecule has 2 aliphatic heterocycles. The number of anilines is 1. The molecule has 7 heteroatoms. The lowest BCUT2D eigenvalue weighted by atomic mass is 10.0. The fourth-order valence-electron chi connectivity index (χ4n) is 4.05. The van der Waals surface area contributed by atoms with Gasteiger partial charge in [0, 0.05) is 31.2 Å². The number of amidine groups is 1. The van der Waals surface area contributed by atoms with Crippen molar-refractivity contribution in [1.29, 1.82) is 0 Å². The number of nitrogens with zero attached hydrogens (tertiary/aromatic N) is 3. The molecule has 1 saturated heterocycles. The molecule has 34 heavy (non-hydrogen) atoms. The number of nitrogens with one attached hydrogen (secondary N) is 2. The van der Waals surface area contributed by atoms with Crippen LogP contribution in [0.15, 0.2) is 71.8 Å². The molecule has 0 spiro atoms. The van der Waals surface area contributed by atoms with Crippen LogP contribution < -0.4 is 10.6 Å². The molecule has 1 fully saturated rings. The van der Waals surface area contributed by atoms with Gasteiger partial charge in [0.1, 0.15) is 11.7 Å². The fourth-order valence-corrected chi connectivity index (χ4v) is 4.05. The maximum atomic E-state index is 12.6. The Labute approximate surface area is 201 Å². The highest BCUT2D eigenvalue weighted by molar-refractivity contribution is 6.04. The van der Waals surface area contributed by atoms with Gasteiger partial charge < -0.3 is 20.3 Å². The van der Waals surface area contributed by atoms with Crippen molar-refractivity contribution in [2.24, 2.45) is 10.9 Å². The van der Waals surface area contributed by atoms with E-state index in [0.717, 1.165) is 61.2 Å². The zero-order valence-electron chi connectivity index (χ0n) is 20.1. The van der Waals surface area contributed by atoms with Gasteiger partial charge in [-0.2, -0.15) is 0 Å². The minimum Gasteiger partial charge on any atom is -0.378 e. The largest absolute Gasteiger partial charge is 0.378 e. The van der Waals surface area contributed by atoms with Crippen LogP contribution in [-0.4, -0.2) is 47.9 Å². The normalized spacial score (nSPS) is 20.3. The number of pyridine rings is 1. The first-order valence-electron chi connectivity index (χ1n) is 11.9. The third-order valence-corrected chi connectivity index (χ3v) is 5.93. The SMILES string of the molecule is Cc1cncc(C(=O)Nc2cccc([C@H](C)NC3=CC(C)C/C=C/C(N4CCOCC4)=N3)c2)c1. The van der Waals surface area contributed by atoms with Crippen molar-refractivity contribution >= 4 is 17.4 Å². The summed E-state index contributed by atoms with van der Waals surface area (Å²) in [6.45, 7) is 9.37. The van der Waals surface area contributed by atoms with Gasteiger partial charge in [-0.25, -0.2) is 4.99 Å². The summed E-state index contributed by atoms with van der Waals surface area (Å²) < 4.78 is 5.50. The fraction of sp³-hybridized carbons (Fsp3) is 0.370. The van der Waals surface area contributed by atoms with E-state index in [0.29, 0.717) is 11.5 Å². The van der Waals surface area contributed by atoms with E-state index >= 15 is 0 Å². The van der Waals surface area contributed by atoms with E-state index in [1.807, 2.05) is 31.2 Å². The van der Waals surface area contributed by atoms with E-state index < -0.39 is 0 Å². The van der Waals surface area contributed by atoms with Gasteiger partial charge in [0.05, 0.1) is 24.8 Å². The zero-order valence-corrected chi connectivity index (χ0v) is 20.1. The van der Waals surface area contributed by atoms with E-state index in [9.17, 15) is 4.79 Å². The van der Waals surface area contributed by atoms with Crippen LogP contribution in [0.5, 0.6) is 0 Å². The smallest absolute Gasteiger partial charge is 0.257 e. The quantitative estimate of drug-likeness (QED) is 0.690. The minimum absolute atomic E-state index is 0.00836. The molecule has 2 atom stereocenters. The lowest BCUT2D eigenvalue weighted by molar-refractivity contribution is 0.0684. The molecular weight excluding hydrogens is 426 g/mol. The maximum Gasteiger partial charge on any atom is 0.257 e. The molecule has 1 amide bonds. The van der Waals surface area contributed by atoms with Crippen molar-refractivity contribution in [2.45, 2.75) is 33.2 Å². The standard InChI is InChI=1S/C27H33N5O2/c1-19-6-4-9-26(32-10-12-34-13-11-32)31-25(15-19)29-21(3)22-7-5-8-24(16-22)30-27(33)23-14-20(2)17-28-18-23/h4-5,7-9,14-19,21,29H,6,10-13H2,1-3H3,(H,30,33)/b9-4+,25-15?,31-26?/t19?,21-/m0/s1. The van der Waals surface area contributed by atoms with Gasteiger partial charge >= 0.3 is 0 Å². The molecule has 0 aliphatic carbocycles. The Kier molecular flexibility index (Phi) is 7.75. The Morgan fingerprint density at radius 3 is 2.82 bits per heavy atom. The van der Waals surface area contributed by atoms with Gasteiger partial charge in [-0.05, 0) is 67.7 Å². The highest BCUT2D eigenvalue weighted by Crippen LogP contribution is 2.21. The second-order valence-corrected chi connectivity index (χ2v) is 8.93. The molecule has 3 heterocycles. The Morgan fingerprint density at radius 2 is 2.03 bits per heavy atom. The molecule has 1 aromatic carbocycles. The van der Waals surface area contributed by atoms with Gasteiger partial charge in [0.25, 0.3) is 5.91 Å². The summed E-state index contributed by atoms with van der Waals surface area (Å²) >= 11 is 0.